The molecule has 1 aromatic carbocycles. The van der Waals surface area contributed by atoms with Crippen LogP contribution in [0, 0.1) is 0 Å². The van der Waals surface area contributed by atoms with Gasteiger partial charge in [0.15, 0.2) is 0 Å². The lowest BCUT2D eigenvalue weighted by atomic mass is 9.70. The number of hydrogen-bond acceptors (Lipinski definition) is 3. The molecule has 1 unspecified atom stereocenters. The SMILES string of the molecule is Cl.Cl.O=C(C1CCCN1)N1CCC(c2ccccc2)(c2cn3ccccc3n2)CC1. The molecule has 5 rings (SSSR count). The number of likely N-dealkylation sites (tertiary alicyclic amines) is 1. The normalized spacial score (nSPS) is 20.4. The molecule has 0 bridgehead atoms. The number of carbonyl (C=O) groups is 1. The lowest BCUT2D eigenvalue weighted by Gasteiger charge is -2.42. The average Bonchev–Trinajstić information content (AvgIpc) is 3.44. The fourth-order valence-electron chi connectivity index (χ4n) is 4.84. The van der Waals surface area contributed by atoms with Gasteiger partial charge >= 0.3 is 0 Å². The quantitative estimate of drug-likeness (QED) is 0.664. The largest absolute Gasteiger partial charge is 0.341 e. The molecule has 0 saturated carbocycles. The van der Waals surface area contributed by atoms with Crippen molar-refractivity contribution in [3.8, 4) is 0 Å². The summed E-state index contributed by atoms with van der Waals surface area (Å²) in [7, 11) is 0. The van der Waals surface area contributed by atoms with E-state index in [-0.39, 0.29) is 42.2 Å². The molecule has 0 spiro atoms. The number of imidazole rings is 1. The molecule has 160 valence electrons. The van der Waals surface area contributed by atoms with Gasteiger partial charge in [0.1, 0.15) is 5.65 Å². The van der Waals surface area contributed by atoms with Crippen molar-refractivity contribution in [2.24, 2.45) is 0 Å². The molecular formula is C23H28Cl2N4O. The second-order valence-electron chi connectivity index (χ2n) is 8.01. The van der Waals surface area contributed by atoms with E-state index in [1.165, 1.54) is 5.56 Å². The third kappa shape index (κ3) is 3.94. The van der Waals surface area contributed by atoms with Gasteiger partial charge in [0.25, 0.3) is 0 Å². The maximum absolute atomic E-state index is 12.9. The summed E-state index contributed by atoms with van der Waals surface area (Å²) in [5, 5.41) is 3.35. The molecule has 4 heterocycles. The second-order valence-corrected chi connectivity index (χ2v) is 8.01. The second kappa shape index (κ2) is 9.38. The minimum Gasteiger partial charge on any atom is -0.341 e. The van der Waals surface area contributed by atoms with E-state index in [0.29, 0.717) is 0 Å². The molecule has 3 aromatic rings. The Morgan fingerprint density at radius 3 is 2.43 bits per heavy atom. The van der Waals surface area contributed by atoms with Crippen LogP contribution in [0.1, 0.15) is 36.9 Å². The summed E-state index contributed by atoms with van der Waals surface area (Å²) in [4.78, 5) is 19.9. The smallest absolute Gasteiger partial charge is 0.239 e. The fourth-order valence-corrected chi connectivity index (χ4v) is 4.84. The van der Waals surface area contributed by atoms with Gasteiger partial charge < -0.3 is 14.6 Å². The van der Waals surface area contributed by atoms with Gasteiger partial charge in [-0.15, -0.1) is 24.8 Å². The van der Waals surface area contributed by atoms with Crippen LogP contribution >= 0.6 is 24.8 Å². The highest BCUT2D eigenvalue weighted by atomic mass is 35.5. The van der Waals surface area contributed by atoms with Crippen LogP contribution in [0.5, 0.6) is 0 Å². The number of benzene rings is 1. The van der Waals surface area contributed by atoms with Gasteiger partial charge in [-0.2, -0.15) is 0 Å². The van der Waals surface area contributed by atoms with Crippen molar-refractivity contribution in [3.05, 3.63) is 72.2 Å². The van der Waals surface area contributed by atoms with Gasteiger partial charge in [0, 0.05) is 30.9 Å². The summed E-state index contributed by atoms with van der Waals surface area (Å²) >= 11 is 0. The summed E-state index contributed by atoms with van der Waals surface area (Å²) in [6, 6.07) is 16.8. The summed E-state index contributed by atoms with van der Waals surface area (Å²) in [6.45, 7) is 2.51. The first-order chi connectivity index (χ1) is 13.8. The maximum Gasteiger partial charge on any atom is 0.239 e. The van der Waals surface area contributed by atoms with Crippen LogP contribution in [-0.2, 0) is 10.2 Å². The molecule has 30 heavy (non-hydrogen) atoms. The number of aromatic nitrogens is 2. The highest BCUT2D eigenvalue weighted by Gasteiger charge is 2.41. The summed E-state index contributed by atoms with van der Waals surface area (Å²) in [5.41, 5.74) is 3.23. The number of carbonyl (C=O) groups excluding carboxylic acids is 1. The van der Waals surface area contributed by atoms with E-state index >= 15 is 0 Å². The number of halogens is 2. The number of nitrogens with zero attached hydrogens (tertiary/aromatic N) is 3. The van der Waals surface area contributed by atoms with Gasteiger partial charge in [-0.1, -0.05) is 36.4 Å². The Bertz CT molecular complexity index is 944. The highest BCUT2D eigenvalue weighted by Crippen LogP contribution is 2.41. The first kappa shape index (κ1) is 22.6. The Morgan fingerprint density at radius 2 is 1.77 bits per heavy atom. The van der Waals surface area contributed by atoms with Gasteiger partial charge in [-0.3, -0.25) is 4.79 Å². The van der Waals surface area contributed by atoms with Crippen molar-refractivity contribution in [2.45, 2.75) is 37.1 Å². The number of amides is 1. The zero-order valence-corrected chi connectivity index (χ0v) is 18.5. The number of pyridine rings is 1. The molecule has 1 N–H and O–H groups in total. The Morgan fingerprint density at radius 1 is 1.03 bits per heavy atom. The molecular weight excluding hydrogens is 419 g/mol. The van der Waals surface area contributed by atoms with Gasteiger partial charge in [-0.25, -0.2) is 4.98 Å². The number of fused-ring (bicyclic) bond motifs is 1. The molecule has 2 aromatic heterocycles. The Labute approximate surface area is 189 Å². The van der Waals surface area contributed by atoms with Crippen LogP contribution < -0.4 is 5.32 Å². The standard InChI is InChI=1S/C23H26N4O.2ClH/c28-22(19-9-6-13-24-19)26-15-11-23(12-16-26,18-7-2-1-3-8-18)20-17-27-14-5-4-10-21(27)25-20;;/h1-5,7-8,10,14,17,19,24H,6,9,11-13,15-16H2;2*1H. The Hall–Kier alpha value is -2.08. The molecule has 5 nitrogen and oxygen atoms in total. The van der Waals surface area contributed by atoms with Crippen molar-refractivity contribution in [1.29, 1.82) is 0 Å². The minimum atomic E-state index is -0.146. The molecule has 2 aliphatic rings. The summed E-state index contributed by atoms with van der Waals surface area (Å²) in [6.07, 6.45) is 8.08. The predicted octanol–water partition coefficient (Wildman–Crippen LogP) is 3.84. The number of nitrogens with one attached hydrogen (secondary N) is 1. The zero-order valence-electron chi connectivity index (χ0n) is 16.9. The van der Waals surface area contributed by atoms with Gasteiger partial charge in [0.2, 0.25) is 5.91 Å². The van der Waals surface area contributed by atoms with Crippen LogP contribution in [0.25, 0.3) is 5.65 Å². The molecule has 0 aliphatic carbocycles. The maximum atomic E-state index is 12.9. The lowest BCUT2D eigenvalue weighted by Crippen LogP contribution is -2.50. The number of rotatable bonds is 3. The van der Waals surface area contributed by atoms with Crippen molar-refractivity contribution < 1.29 is 4.79 Å². The van der Waals surface area contributed by atoms with E-state index < -0.39 is 0 Å². The monoisotopic (exact) mass is 446 g/mol. The van der Waals surface area contributed by atoms with Crippen LogP contribution in [-0.4, -0.2) is 45.9 Å². The molecule has 0 radical (unpaired) electrons. The number of piperidine rings is 1. The molecule has 2 fully saturated rings. The average molecular weight is 447 g/mol. The van der Waals surface area contributed by atoms with Crippen molar-refractivity contribution in [1.82, 2.24) is 19.6 Å². The molecule has 2 saturated heterocycles. The molecule has 1 amide bonds. The number of hydrogen-bond donors (Lipinski definition) is 1. The van der Waals surface area contributed by atoms with E-state index in [4.69, 9.17) is 4.98 Å². The summed E-state index contributed by atoms with van der Waals surface area (Å²) in [5.74, 6) is 0.272. The van der Waals surface area contributed by atoms with Crippen molar-refractivity contribution in [2.75, 3.05) is 19.6 Å². The van der Waals surface area contributed by atoms with E-state index in [0.717, 1.165) is 56.7 Å². The lowest BCUT2D eigenvalue weighted by molar-refractivity contribution is -0.134. The van der Waals surface area contributed by atoms with Crippen LogP contribution in [0.4, 0.5) is 0 Å². The van der Waals surface area contributed by atoms with E-state index in [1.54, 1.807) is 0 Å². The van der Waals surface area contributed by atoms with Crippen molar-refractivity contribution >= 4 is 36.4 Å². The Balaban J connectivity index is 0.00000128. The topological polar surface area (TPSA) is 49.6 Å². The predicted molar refractivity (Wildman–Crippen MR) is 124 cm³/mol. The van der Waals surface area contributed by atoms with E-state index in [9.17, 15) is 4.79 Å². The third-order valence-electron chi connectivity index (χ3n) is 6.47. The van der Waals surface area contributed by atoms with Crippen LogP contribution in [0.3, 0.4) is 0 Å². The van der Waals surface area contributed by atoms with Crippen molar-refractivity contribution in [3.63, 3.8) is 0 Å². The van der Waals surface area contributed by atoms with E-state index in [1.807, 2.05) is 18.2 Å². The third-order valence-corrected chi connectivity index (χ3v) is 6.47. The molecule has 1 atom stereocenters. The highest BCUT2D eigenvalue weighted by molar-refractivity contribution is 5.85. The van der Waals surface area contributed by atoms with Gasteiger partial charge in [0.05, 0.1) is 11.7 Å². The minimum absolute atomic E-state index is 0. The van der Waals surface area contributed by atoms with Crippen LogP contribution in [0.2, 0.25) is 0 Å². The van der Waals surface area contributed by atoms with Gasteiger partial charge in [-0.05, 0) is 49.9 Å². The Kier molecular flexibility index (Phi) is 7.06. The molecule has 2 aliphatic heterocycles. The first-order valence-electron chi connectivity index (χ1n) is 10.3. The molecule has 7 heteroatoms. The van der Waals surface area contributed by atoms with E-state index in [2.05, 4.69) is 57.3 Å². The fraction of sp³-hybridized carbons (Fsp3) is 0.391. The summed E-state index contributed by atoms with van der Waals surface area (Å²) < 4.78 is 2.10. The zero-order chi connectivity index (χ0) is 19.0. The first-order valence-corrected chi connectivity index (χ1v) is 10.3. The van der Waals surface area contributed by atoms with Crippen LogP contribution in [0.15, 0.2) is 60.9 Å².